The minimum atomic E-state index is -0.673. The minimum Gasteiger partial charge on any atom is -0.390 e. The van der Waals surface area contributed by atoms with Crippen LogP contribution >= 0.6 is 0 Å². The molecular weight excluding hydrogens is 304 g/mol. The van der Waals surface area contributed by atoms with Crippen molar-refractivity contribution in [2.24, 2.45) is 0 Å². The molecule has 6 heteroatoms. The molecule has 2 rings (SSSR count). The molecule has 130 valence electrons. The molecule has 0 unspecified atom stereocenters. The van der Waals surface area contributed by atoms with E-state index < -0.39 is 5.60 Å². The van der Waals surface area contributed by atoms with Crippen molar-refractivity contribution in [2.75, 3.05) is 6.54 Å². The van der Waals surface area contributed by atoms with Gasteiger partial charge < -0.3 is 10.4 Å². The number of nitrogens with zero attached hydrogens (tertiary/aromatic N) is 3. The molecule has 0 spiro atoms. The van der Waals surface area contributed by atoms with E-state index in [2.05, 4.69) is 15.4 Å². The normalized spacial score (nSPS) is 11.5. The number of hydrogen-bond acceptors (Lipinski definition) is 4. The summed E-state index contributed by atoms with van der Waals surface area (Å²) in [6, 6.07) is 7.51. The van der Waals surface area contributed by atoms with Gasteiger partial charge in [0.1, 0.15) is 11.6 Å². The summed E-state index contributed by atoms with van der Waals surface area (Å²) in [6.07, 6.45) is 1.48. The highest BCUT2D eigenvalue weighted by molar-refractivity contribution is 5.94. The molecule has 2 N–H and O–H groups in total. The third-order valence-electron chi connectivity index (χ3n) is 3.81. The Hall–Kier alpha value is -2.21. The Morgan fingerprint density at radius 3 is 2.46 bits per heavy atom. The van der Waals surface area contributed by atoms with E-state index in [1.165, 1.54) is 0 Å². The first-order valence-electron chi connectivity index (χ1n) is 8.22. The first-order valence-corrected chi connectivity index (χ1v) is 8.22. The molecule has 0 aliphatic heterocycles. The van der Waals surface area contributed by atoms with Crippen LogP contribution in [-0.4, -0.2) is 37.9 Å². The summed E-state index contributed by atoms with van der Waals surface area (Å²) < 4.78 is 1.79. The van der Waals surface area contributed by atoms with Gasteiger partial charge in [0.15, 0.2) is 0 Å². The molecule has 1 amide bonds. The average molecular weight is 330 g/mol. The van der Waals surface area contributed by atoms with Crippen molar-refractivity contribution in [1.29, 1.82) is 0 Å². The molecule has 0 aliphatic carbocycles. The smallest absolute Gasteiger partial charge is 0.251 e. The van der Waals surface area contributed by atoms with Crippen molar-refractivity contribution < 1.29 is 9.90 Å². The lowest BCUT2D eigenvalue weighted by atomic mass is 9.98. The van der Waals surface area contributed by atoms with Crippen molar-refractivity contribution in [3.05, 3.63) is 47.0 Å². The van der Waals surface area contributed by atoms with Gasteiger partial charge in [-0.15, -0.1) is 0 Å². The van der Waals surface area contributed by atoms with E-state index >= 15 is 0 Å². The number of rotatable bonds is 7. The second-order valence-corrected chi connectivity index (χ2v) is 6.69. The monoisotopic (exact) mass is 330 g/mol. The maximum absolute atomic E-state index is 12.2. The van der Waals surface area contributed by atoms with Crippen molar-refractivity contribution in [3.8, 4) is 0 Å². The van der Waals surface area contributed by atoms with Gasteiger partial charge in [-0.05, 0) is 58.2 Å². The number of aliphatic hydroxyl groups is 1. The second-order valence-electron chi connectivity index (χ2n) is 6.69. The molecule has 0 saturated carbocycles. The largest absolute Gasteiger partial charge is 0.390 e. The average Bonchev–Trinajstić information content (AvgIpc) is 2.83. The molecule has 24 heavy (non-hydrogen) atoms. The fourth-order valence-electron chi connectivity index (χ4n) is 2.42. The quantitative estimate of drug-likeness (QED) is 0.814. The van der Waals surface area contributed by atoms with Gasteiger partial charge in [0.2, 0.25) is 0 Å². The number of aromatic nitrogens is 3. The van der Waals surface area contributed by atoms with Crippen molar-refractivity contribution in [3.63, 3.8) is 0 Å². The van der Waals surface area contributed by atoms with Gasteiger partial charge in [-0.1, -0.05) is 12.1 Å². The number of carbonyl (C=O) groups excluding carboxylic acids is 1. The predicted molar refractivity (Wildman–Crippen MR) is 92.9 cm³/mol. The molecule has 2 aromatic rings. The summed E-state index contributed by atoms with van der Waals surface area (Å²) in [6.45, 7) is 8.45. The second kappa shape index (κ2) is 7.57. The molecule has 6 nitrogen and oxygen atoms in total. The van der Waals surface area contributed by atoms with E-state index in [0.29, 0.717) is 25.1 Å². The Bertz CT molecular complexity index is 684. The van der Waals surface area contributed by atoms with E-state index in [9.17, 15) is 9.90 Å². The van der Waals surface area contributed by atoms with Crippen LogP contribution in [0, 0.1) is 13.8 Å². The third kappa shape index (κ3) is 5.45. The summed E-state index contributed by atoms with van der Waals surface area (Å²) in [7, 11) is 0. The van der Waals surface area contributed by atoms with Crippen LogP contribution in [0.25, 0.3) is 0 Å². The maximum atomic E-state index is 12.2. The number of aryl methyl sites for hydroxylation is 3. The van der Waals surface area contributed by atoms with Gasteiger partial charge in [0.25, 0.3) is 5.91 Å². The topological polar surface area (TPSA) is 80.0 Å². The van der Waals surface area contributed by atoms with Crippen molar-refractivity contribution in [1.82, 2.24) is 20.1 Å². The molecule has 0 atom stereocenters. The van der Waals surface area contributed by atoms with Crippen molar-refractivity contribution >= 4 is 5.91 Å². The van der Waals surface area contributed by atoms with Crippen LogP contribution in [0.15, 0.2) is 24.3 Å². The highest BCUT2D eigenvalue weighted by Crippen LogP contribution is 2.13. The standard InChI is InChI=1S/C18H26N4O2/c1-13-20-14(2)22(21-13)12-11-19-17(23)16-7-5-15(6-8-16)9-10-18(3,4)24/h5-8,24H,9-12H2,1-4H3,(H,19,23). The number of amides is 1. The van der Waals surface area contributed by atoms with E-state index in [0.717, 1.165) is 23.6 Å². The van der Waals surface area contributed by atoms with Crippen LogP contribution in [0.3, 0.4) is 0 Å². The lowest BCUT2D eigenvalue weighted by molar-refractivity contribution is 0.0713. The highest BCUT2D eigenvalue weighted by Gasteiger charge is 2.12. The Morgan fingerprint density at radius 1 is 1.25 bits per heavy atom. The summed E-state index contributed by atoms with van der Waals surface area (Å²) in [5.41, 5.74) is 1.07. The fourth-order valence-corrected chi connectivity index (χ4v) is 2.42. The highest BCUT2D eigenvalue weighted by atomic mass is 16.3. The molecule has 0 saturated heterocycles. The van der Waals surface area contributed by atoms with Crippen LogP contribution in [0.2, 0.25) is 0 Å². The molecule has 0 bridgehead atoms. The number of nitrogens with one attached hydrogen (secondary N) is 1. The molecular formula is C18H26N4O2. The summed E-state index contributed by atoms with van der Waals surface area (Å²) in [4.78, 5) is 16.4. The number of hydrogen-bond donors (Lipinski definition) is 2. The zero-order valence-corrected chi connectivity index (χ0v) is 14.8. The Kier molecular flexibility index (Phi) is 5.72. The molecule has 1 aromatic heterocycles. The van der Waals surface area contributed by atoms with E-state index in [1.807, 2.05) is 38.1 Å². The van der Waals surface area contributed by atoms with Gasteiger partial charge in [-0.3, -0.25) is 4.79 Å². The predicted octanol–water partition coefficient (Wildman–Crippen LogP) is 2.03. The van der Waals surface area contributed by atoms with E-state index in [4.69, 9.17) is 0 Å². The zero-order valence-electron chi connectivity index (χ0n) is 14.8. The van der Waals surface area contributed by atoms with E-state index in [-0.39, 0.29) is 5.91 Å². The van der Waals surface area contributed by atoms with Gasteiger partial charge in [-0.2, -0.15) is 5.10 Å². The zero-order chi connectivity index (χ0) is 17.7. The first kappa shape index (κ1) is 18.1. The van der Waals surface area contributed by atoms with Gasteiger partial charge in [0, 0.05) is 12.1 Å². The molecule has 1 aromatic carbocycles. The maximum Gasteiger partial charge on any atom is 0.251 e. The Morgan fingerprint density at radius 2 is 1.92 bits per heavy atom. The fraction of sp³-hybridized carbons (Fsp3) is 0.500. The summed E-state index contributed by atoms with van der Waals surface area (Å²) in [5.74, 6) is 1.48. The van der Waals surface area contributed by atoms with Crippen LogP contribution in [0.1, 0.15) is 47.8 Å². The van der Waals surface area contributed by atoms with Gasteiger partial charge in [-0.25, -0.2) is 9.67 Å². The van der Waals surface area contributed by atoms with Crippen LogP contribution < -0.4 is 5.32 Å². The van der Waals surface area contributed by atoms with Crippen LogP contribution in [0.4, 0.5) is 0 Å². The third-order valence-corrected chi connectivity index (χ3v) is 3.81. The Balaban J connectivity index is 1.83. The number of carbonyl (C=O) groups is 1. The SMILES string of the molecule is Cc1nc(C)n(CCNC(=O)c2ccc(CCC(C)(C)O)cc2)n1. The number of benzene rings is 1. The van der Waals surface area contributed by atoms with E-state index in [1.54, 1.807) is 18.5 Å². The van der Waals surface area contributed by atoms with Crippen LogP contribution in [0.5, 0.6) is 0 Å². The Labute approximate surface area is 142 Å². The lowest BCUT2D eigenvalue weighted by Gasteiger charge is -2.16. The molecule has 0 radical (unpaired) electrons. The summed E-state index contributed by atoms with van der Waals surface area (Å²) in [5, 5.41) is 16.9. The molecule has 1 heterocycles. The van der Waals surface area contributed by atoms with Gasteiger partial charge >= 0.3 is 0 Å². The minimum absolute atomic E-state index is 0.0986. The van der Waals surface area contributed by atoms with Crippen molar-refractivity contribution in [2.45, 2.75) is 52.7 Å². The van der Waals surface area contributed by atoms with Crippen LogP contribution in [-0.2, 0) is 13.0 Å². The first-order chi connectivity index (χ1) is 11.2. The summed E-state index contributed by atoms with van der Waals surface area (Å²) >= 11 is 0. The molecule has 0 aliphatic rings. The lowest BCUT2D eigenvalue weighted by Crippen LogP contribution is -2.27. The van der Waals surface area contributed by atoms with Gasteiger partial charge in [0.05, 0.1) is 12.1 Å². The molecule has 0 fully saturated rings.